The van der Waals surface area contributed by atoms with Gasteiger partial charge in [0.05, 0.1) is 16.0 Å². The minimum atomic E-state index is -0.941. The Morgan fingerprint density at radius 2 is 2.43 bits per heavy atom. The average molecular weight is 210 g/mol. The lowest BCUT2D eigenvalue weighted by atomic mass is 10.3. The fourth-order valence-electron chi connectivity index (χ4n) is 1.55. The van der Waals surface area contributed by atoms with Crippen LogP contribution in [-0.2, 0) is 10.8 Å². The van der Waals surface area contributed by atoms with Gasteiger partial charge in [0.1, 0.15) is 5.03 Å². The topological polar surface area (TPSA) is 42.0 Å². The monoisotopic (exact) mass is 210 g/mol. The molecule has 1 aromatic rings. The van der Waals surface area contributed by atoms with Crippen molar-refractivity contribution in [3.8, 4) is 0 Å². The number of nitrogens with one attached hydrogen (secondary N) is 1. The van der Waals surface area contributed by atoms with E-state index in [1.807, 2.05) is 19.1 Å². The molecule has 2 heterocycles. The Morgan fingerprint density at radius 3 is 3.00 bits per heavy atom. The first-order chi connectivity index (χ1) is 6.77. The first-order valence-electron chi connectivity index (χ1n) is 4.81. The molecule has 0 spiro atoms. The summed E-state index contributed by atoms with van der Waals surface area (Å²) in [6, 6.07) is 3.83. The molecular formula is C10H14N2OS. The summed E-state index contributed by atoms with van der Waals surface area (Å²) in [6.07, 6.45) is 2.76. The molecule has 1 aromatic heterocycles. The summed E-state index contributed by atoms with van der Waals surface area (Å²) in [5, 5.41) is 4.17. The van der Waals surface area contributed by atoms with Crippen LogP contribution in [0.5, 0.6) is 0 Å². The Labute approximate surface area is 86.4 Å². The van der Waals surface area contributed by atoms with Gasteiger partial charge in [-0.2, -0.15) is 0 Å². The van der Waals surface area contributed by atoms with E-state index in [4.69, 9.17) is 0 Å². The molecule has 0 amide bonds. The van der Waals surface area contributed by atoms with Crippen LogP contribution in [0.4, 0.5) is 0 Å². The van der Waals surface area contributed by atoms with Crippen molar-refractivity contribution in [1.82, 2.24) is 10.3 Å². The van der Waals surface area contributed by atoms with Crippen LogP contribution in [0.2, 0.25) is 0 Å². The van der Waals surface area contributed by atoms with Gasteiger partial charge in [-0.25, -0.2) is 4.98 Å². The molecule has 2 unspecified atom stereocenters. The second kappa shape index (κ2) is 4.19. The largest absolute Gasteiger partial charge is 0.315 e. The molecule has 4 heteroatoms. The summed E-state index contributed by atoms with van der Waals surface area (Å²) in [4.78, 5) is 4.19. The molecule has 1 aliphatic heterocycles. The molecule has 0 saturated carbocycles. The van der Waals surface area contributed by atoms with Crippen LogP contribution in [0.1, 0.15) is 12.0 Å². The van der Waals surface area contributed by atoms with E-state index in [0.29, 0.717) is 5.03 Å². The molecule has 1 saturated heterocycles. The third-order valence-electron chi connectivity index (χ3n) is 2.41. The summed E-state index contributed by atoms with van der Waals surface area (Å²) in [5.41, 5.74) is 1.11. The van der Waals surface area contributed by atoms with E-state index in [1.165, 1.54) is 0 Å². The number of aryl methyl sites for hydroxylation is 1. The highest BCUT2D eigenvalue weighted by Gasteiger charge is 2.22. The predicted octanol–water partition coefficient (Wildman–Crippen LogP) is 0.860. The van der Waals surface area contributed by atoms with Gasteiger partial charge in [0, 0.05) is 12.7 Å². The smallest absolute Gasteiger partial charge is 0.127 e. The van der Waals surface area contributed by atoms with E-state index < -0.39 is 10.8 Å². The summed E-state index contributed by atoms with van der Waals surface area (Å²) in [6.45, 7) is 3.81. The highest BCUT2D eigenvalue weighted by molar-refractivity contribution is 7.85. The van der Waals surface area contributed by atoms with Crippen molar-refractivity contribution in [2.24, 2.45) is 0 Å². The van der Waals surface area contributed by atoms with Crippen molar-refractivity contribution in [1.29, 1.82) is 0 Å². The zero-order chi connectivity index (χ0) is 9.97. The van der Waals surface area contributed by atoms with Crippen molar-refractivity contribution in [2.45, 2.75) is 23.6 Å². The number of aromatic nitrogens is 1. The van der Waals surface area contributed by atoms with Crippen LogP contribution in [0.25, 0.3) is 0 Å². The zero-order valence-electron chi connectivity index (χ0n) is 8.19. The van der Waals surface area contributed by atoms with Crippen LogP contribution in [-0.4, -0.2) is 27.5 Å². The van der Waals surface area contributed by atoms with E-state index in [0.717, 1.165) is 25.1 Å². The quantitative estimate of drug-likeness (QED) is 0.787. The molecule has 1 fully saturated rings. The molecule has 0 aromatic carbocycles. The lowest BCUT2D eigenvalue weighted by Gasteiger charge is -2.07. The first kappa shape index (κ1) is 9.80. The molecule has 2 atom stereocenters. The maximum atomic E-state index is 12.0. The third kappa shape index (κ3) is 2.01. The molecular weight excluding hydrogens is 196 g/mol. The Hall–Kier alpha value is -0.740. The number of rotatable bonds is 2. The van der Waals surface area contributed by atoms with Crippen molar-refractivity contribution in [3.63, 3.8) is 0 Å². The van der Waals surface area contributed by atoms with Gasteiger partial charge in [-0.3, -0.25) is 4.21 Å². The van der Waals surface area contributed by atoms with E-state index in [9.17, 15) is 4.21 Å². The SMILES string of the molecule is Cc1ccc(S(=O)C2CCNC2)nc1. The van der Waals surface area contributed by atoms with Crippen LogP contribution in [0.15, 0.2) is 23.4 Å². The molecule has 1 aliphatic rings. The fourth-order valence-corrected chi connectivity index (χ4v) is 2.86. The second-order valence-electron chi connectivity index (χ2n) is 3.59. The number of nitrogens with zero attached hydrogens (tertiary/aromatic N) is 1. The van der Waals surface area contributed by atoms with Crippen LogP contribution < -0.4 is 5.32 Å². The van der Waals surface area contributed by atoms with Gasteiger partial charge in [0.2, 0.25) is 0 Å². The average Bonchev–Trinajstić information content (AvgIpc) is 2.71. The molecule has 2 rings (SSSR count). The molecule has 0 radical (unpaired) electrons. The first-order valence-corrected chi connectivity index (χ1v) is 6.02. The van der Waals surface area contributed by atoms with Gasteiger partial charge in [0.25, 0.3) is 0 Å². The Kier molecular flexibility index (Phi) is 2.93. The summed E-state index contributed by atoms with van der Waals surface area (Å²) in [5.74, 6) is 0. The van der Waals surface area contributed by atoms with E-state index in [-0.39, 0.29) is 5.25 Å². The van der Waals surface area contributed by atoms with Crippen molar-refractivity contribution in [2.75, 3.05) is 13.1 Å². The summed E-state index contributed by atoms with van der Waals surface area (Å²) >= 11 is 0. The van der Waals surface area contributed by atoms with Gasteiger partial charge < -0.3 is 5.32 Å². The van der Waals surface area contributed by atoms with E-state index >= 15 is 0 Å². The number of hydrogen-bond donors (Lipinski definition) is 1. The standard InChI is InChI=1S/C10H14N2OS/c1-8-2-3-10(12-6-8)14(13)9-4-5-11-7-9/h2-3,6,9,11H,4-5,7H2,1H3. The Morgan fingerprint density at radius 1 is 1.57 bits per heavy atom. The van der Waals surface area contributed by atoms with E-state index in [2.05, 4.69) is 10.3 Å². The number of hydrogen-bond acceptors (Lipinski definition) is 3. The predicted molar refractivity (Wildman–Crippen MR) is 56.7 cm³/mol. The second-order valence-corrected chi connectivity index (χ2v) is 5.27. The molecule has 3 nitrogen and oxygen atoms in total. The lowest BCUT2D eigenvalue weighted by Crippen LogP contribution is -2.19. The minimum Gasteiger partial charge on any atom is -0.315 e. The lowest BCUT2D eigenvalue weighted by molar-refractivity contribution is 0.669. The molecule has 0 bridgehead atoms. The Balaban J connectivity index is 2.14. The Bertz CT molecular complexity index is 330. The van der Waals surface area contributed by atoms with Crippen LogP contribution in [0.3, 0.4) is 0 Å². The molecule has 14 heavy (non-hydrogen) atoms. The van der Waals surface area contributed by atoms with Gasteiger partial charge in [0.15, 0.2) is 0 Å². The third-order valence-corrected chi connectivity index (χ3v) is 4.07. The zero-order valence-corrected chi connectivity index (χ0v) is 9.01. The van der Waals surface area contributed by atoms with Gasteiger partial charge >= 0.3 is 0 Å². The maximum absolute atomic E-state index is 12.0. The fraction of sp³-hybridized carbons (Fsp3) is 0.500. The summed E-state index contributed by atoms with van der Waals surface area (Å²) in [7, 11) is -0.941. The van der Waals surface area contributed by atoms with Gasteiger partial charge in [-0.05, 0) is 31.5 Å². The van der Waals surface area contributed by atoms with E-state index in [1.54, 1.807) is 6.20 Å². The normalized spacial score (nSPS) is 23.6. The molecule has 1 N–H and O–H groups in total. The van der Waals surface area contributed by atoms with Gasteiger partial charge in [-0.1, -0.05) is 6.07 Å². The highest BCUT2D eigenvalue weighted by Crippen LogP contribution is 2.14. The van der Waals surface area contributed by atoms with Crippen LogP contribution in [0, 0.1) is 6.92 Å². The molecule has 76 valence electrons. The number of pyridine rings is 1. The van der Waals surface area contributed by atoms with Crippen molar-refractivity contribution >= 4 is 10.8 Å². The van der Waals surface area contributed by atoms with Crippen molar-refractivity contribution < 1.29 is 4.21 Å². The highest BCUT2D eigenvalue weighted by atomic mass is 32.2. The molecule has 0 aliphatic carbocycles. The maximum Gasteiger partial charge on any atom is 0.127 e. The van der Waals surface area contributed by atoms with Gasteiger partial charge in [-0.15, -0.1) is 0 Å². The summed E-state index contributed by atoms with van der Waals surface area (Å²) < 4.78 is 12.0. The minimum absolute atomic E-state index is 0.241. The van der Waals surface area contributed by atoms with Crippen LogP contribution >= 0.6 is 0 Å². The van der Waals surface area contributed by atoms with Crippen molar-refractivity contribution in [3.05, 3.63) is 23.9 Å².